The van der Waals surface area contributed by atoms with E-state index in [0.29, 0.717) is 12.8 Å². The van der Waals surface area contributed by atoms with Crippen molar-refractivity contribution in [3.63, 3.8) is 0 Å². The molecule has 1 unspecified atom stereocenters. The number of rotatable bonds is 1. The zero-order chi connectivity index (χ0) is 10.8. The molecular weight excluding hydrogens is 196 g/mol. The van der Waals surface area contributed by atoms with E-state index >= 15 is 0 Å². The van der Waals surface area contributed by atoms with Crippen LogP contribution < -0.4 is 0 Å². The Morgan fingerprint density at radius 3 is 2.93 bits per heavy atom. The van der Waals surface area contributed by atoms with Crippen molar-refractivity contribution in [3.8, 4) is 5.75 Å². The second-order valence-electron chi connectivity index (χ2n) is 3.70. The molecule has 0 aliphatic heterocycles. The van der Waals surface area contributed by atoms with Crippen LogP contribution in [0.4, 0.5) is 4.79 Å². The predicted octanol–water partition coefficient (Wildman–Crippen LogP) is 1.94. The molecular formula is C11H12O4. The first-order chi connectivity index (χ1) is 7.15. The number of phenols is 1. The van der Waals surface area contributed by atoms with Crippen LogP contribution in [0, 0.1) is 0 Å². The number of aromatic hydroxyl groups is 1. The average Bonchev–Trinajstić information content (AvgIpc) is 2.17. The number of carboxylic acid groups (broad SMARTS) is 1. The summed E-state index contributed by atoms with van der Waals surface area (Å²) < 4.78 is 4.73. The van der Waals surface area contributed by atoms with Crippen molar-refractivity contribution in [2.45, 2.75) is 25.4 Å². The highest BCUT2D eigenvalue weighted by molar-refractivity contribution is 5.57. The third kappa shape index (κ3) is 2.21. The van der Waals surface area contributed by atoms with Crippen molar-refractivity contribution in [1.29, 1.82) is 0 Å². The van der Waals surface area contributed by atoms with Gasteiger partial charge in [-0.3, -0.25) is 0 Å². The first-order valence-electron chi connectivity index (χ1n) is 4.85. The standard InChI is InChI=1S/C11H12O4/c12-9-3-1-8-6-10(15-11(13)14)4-2-7(8)5-9/h1,3,5,10,12H,2,4,6H2,(H,13,14). The lowest BCUT2D eigenvalue weighted by Crippen LogP contribution is -2.24. The molecule has 80 valence electrons. The first-order valence-corrected chi connectivity index (χ1v) is 4.85. The van der Waals surface area contributed by atoms with Crippen molar-refractivity contribution in [2.75, 3.05) is 0 Å². The highest BCUT2D eigenvalue weighted by atomic mass is 16.7. The number of fused-ring (bicyclic) bond motifs is 1. The monoisotopic (exact) mass is 208 g/mol. The van der Waals surface area contributed by atoms with Crippen LogP contribution in [0.3, 0.4) is 0 Å². The number of ether oxygens (including phenoxy) is 1. The molecule has 2 N–H and O–H groups in total. The van der Waals surface area contributed by atoms with Crippen molar-refractivity contribution in [1.82, 2.24) is 0 Å². The maximum atomic E-state index is 10.4. The lowest BCUT2D eigenvalue weighted by atomic mass is 9.89. The lowest BCUT2D eigenvalue weighted by Gasteiger charge is -2.23. The Morgan fingerprint density at radius 1 is 1.40 bits per heavy atom. The molecule has 15 heavy (non-hydrogen) atoms. The summed E-state index contributed by atoms with van der Waals surface area (Å²) in [6.07, 6.45) is 0.563. The van der Waals surface area contributed by atoms with Gasteiger partial charge < -0.3 is 14.9 Å². The van der Waals surface area contributed by atoms with Gasteiger partial charge in [0.15, 0.2) is 0 Å². The van der Waals surface area contributed by atoms with Gasteiger partial charge in [-0.15, -0.1) is 0 Å². The molecule has 0 amide bonds. The first kappa shape index (κ1) is 9.83. The molecule has 0 fully saturated rings. The molecule has 1 aromatic carbocycles. The van der Waals surface area contributed by atoms with Gasteiger partial charge in [0.1, 0.15) is 11.9 Å². The van der Waals surface area contributed by atoms with E-state index in [1.807, 2.05) is 6.07 Å². The smallest absolute Gasteiger partial charge is 0.506 e. The Balaban J connectivity index is 2.13. The highest BCUT2D eigenvalue weighted by Gasteiger charge is 2.21. The van der Waals surface area contributed by atoms with Gasteiger partial charge in [-0.25, -0.2) is 4.79 Å². The summed E-state index contributed by atoms with van der Waals surface area (Å²) in [7, 11) is 0. The number of hydrogen-bond acceptors (Lipinski definition) is 3. The van der Waals surface area contributed by atoms with Crippen LogP contribution in [0.1, 0.15) is 17.5 Å². The van der Waals surface area contributed by atoms with Gasteiger partial charge in [0, 0.05) is 6.42 Å². The van der Waals surface area contributed by atoms with Crippen molar-refractivity contribution >= 4 is 6.16 Å². The number of phenolic OH excluding ortho intramolecular Hbond substituents is 1. The molecule has 0 heterocycles. The van der Waals surface area contributed by atoms with E-state index < -0.39 is 6.16 Å². The van der Waals surface area contributed by atoms with E-state index in [9.17, 15) is 9.90 Å². The molecule has 1 aliphatic carbocycles. The highest BCUT2D eigenvalue weighted by Crippen LogP contribution is 2.26. The number of aryl methyl sites for hydroxylation is 1. The Bertz CT molecular complexity index is 386. The van der Waals surface area contributed by atoms with Crippen LogP contribution in [0.5, 0.6) is 5.75 Å². The summed E-state index contributed by atoms with van der Waals surface area (Å²) in [5.74, 6) is 0.256. The second-order valence-corrected chi connectivity index (χ2v) is 3.70. The summed E-state index contributed by atoms with van der Waals surface area (Å²) in [6.45, 7) is 0. The summed E-state index contributed by atoms with van der Waals surface area (Å²) in [6, 6.07) is 5.16. The van der Waals surface area contributed by atoms with Crippen LogP contribution >= 0.6 is 0 Å². The fourth-order valence-corrected chi connectivity index (χ4v) is 1.95. The van der Waals surface area contributed by atoms with Gasteiger partial charge in [-0.2, -0.15) is 0 Å². The predicted molar refractivity (Wildman–Crippen MR) is 53.0 cm³/mol. The van der Waals surface area contributed by atoms with Crippen molar-refractivity contribution in [3.05, 3.63) is 29.3 Å². The third-order valence-electron chi connectivity index (χ3n) is 2.64. The molecule has 1 aliphatic rings. The number of benzene rings is 1. The van der Waals surface area contributed by atoms with Gasteiger partial charge in [0.2, 0.25) is 0 Å². The Labute approximate surface area is 87.1 Å². The molecule has 0 saturated heterocycles. The molecule has 0 spiro atoms. The summed E-state index contributed by atoms with van der Waals surface area (Å²) in [5.41, 5.74) is 2.14. The van der Waals surface area contributed by atoms with E-state index in [0.717, 1.165) is 17.5 Å². The quantitative estimate of drug-likeness (QED) is 0.692. The lowest BCUT2D eigenvalue weighted by molar-refractivity contribution is 0.0461. The average molecular weight is 208 g/mol. The van der Waals surface area contributed by atoms with Gasteiger partial charge in [-0.05, 0) is 36.1 Å². The molecule has 0 saturated carbocycles. The fraction of sp³-hybridized carbons (Fsp3) is 0.364. The van der Waals surface area contributed by atoms with Crippen LogP contribution in [-0.2, 0) is 17.6 Å². The minimum atomic E-state index is -1.22. The maximum absolute atomic E-state index is 10.4. The number of carbonyl (C=O) groups is 1. The van der Waals surface area contributed by atoms with Crippen LogP contribution in [0.25, 0.3) is 0 Å². The van der Waals surface area contributed by atoms with Crippen LogP contribution in [-0.4, -0.2) is 22.5 Å². The molecule has 1 atom stereocenters. The zero-order valence-electron chi connectivity index (χ0n) is 8.14. The maximum Gasteiger partial charge on any atom is 0.506 e. The molecule has 0 radical (unpaired) electrons. The van der Waals surface area contributed by atoms with Crippen LogP contribution in [0.15, 0.2) is 18.2 Å². The SMILES string of the molecule is O=C(O)OC1CCc2cc(O)ccc2C1. The summed E-state index contributed by atoms with van der Waals surface area (Å²) in [5, 5.41) is 17.8. The normalized spacial score (nSPS) is 19.3. The van der Waals surface area contributed by atoms with E-state index in [4.69, 9.17) is 9.84 Å². The summed E-state index contributed by atoms with van der Waals surface area (Å²) in [4.78, 5) is 10.4. The third-order valence-corrected chi connectivity index (χ3v) is 2.64. The van der Waals surface area contributed by atoms with Crippen molar-refractivity contribution < 1.29 is 19.7 Å². The minimum absolute atomic E-state index is 0.250. The van der Waals surface area contributed by atoms with E-state index in [-0.39, 0.29) is 11.9 Å². The van der Waals surface area contributed by atoms with E-state index in [1.165, 1.54) is 0 Å². The van der Waals surface area contributed by atoms with Gasteiger partial charge in [-0.1, -0.05) is 6.07 Å². The molecule has 1 aromatic rings. The van der Waals surface area contributed by atoms with Gasteiger partial charge in [0.25, 0.3) is 0 Å². The summed E-state index contributed by atoms with van der Waals surface area (Å²) >= 11 is 0. The van der Waals surface area contributed by atoms with Gasteiger partial charge >= 0.3 is 6.16 Å². The van der Waals surface area contributed by atoms with E-state index in [2.05, 4.69) is 0 Å². The largest absolute Gasteiger partial charge is 0.508 e. The zero-order valence-corrected chi connectivity index (χ0v) is 8.14. The molecule has 0 aromatic heterocycles. The topological polar surface area (TPSA) is 66.8 Å². The van der Waals surface area contributed by atoms with Gasteiger partial charge in [0.05, 0.1) is 0 Å². The van der Waals surface area contributed by atoms with E-state index in [1.54, 1.807) is 12.1 Å². The Hall–Kier alpha value is -1.71. The van der Waals surface area contributed by atoms with Crippen LogP contribution in [0.2, 0.25) is 0 Å². The molecule has 0 bridgehead atoms. The molecule has 4 heteroatoms. The minimum Gasteiger partial charge on any atom is -0.508 e. The fourth-order valence-electron chi connectivity index (χ4n) is 1.95. The molecule has 2 rings (SSSR count). The Morgan fingerprint density at radius 2 is 2.20 bits per heavy atom. The number of hydrogen-bond donors (Lipinski definition) is 2. The van der Waals surface area contributed by atoms with Crippen molar-refractivity contribution in [2.24, 2.45) is 0 Å². The Kier molecular flexibility index (Phi) is 2.49. The molecule has 4 nitrogen and oxygen atoms in total. The second kappa shape index (κ2) is 3.81.